The van der Waals surface area contributed by atoms with Crippen molar-refractivity contribution in [1.29, 1.82) is 0 Å². The van der Waals surface area contributed by atoms with E-state index >= 15 is 0 Å². The van der Waals surface area contributed by atoms with E-state index < -0.39 is 0 Å². The minimum atomic E-state index is -0.209. The molecule has 0 saturated carbocycles. The molecule has 0 aliphatic rings. The minimum Gasteiger partial charge on any atom is -0.384 e. The quantitative estimate of drug-likeness (QED) is 0.879. The molecule has 0 saturated heterocycles. The zero-order valence-corrected chi connectivity index (χ0v) is 10.8. The monoisotopic (exact) mass is 256 g/mol. The fraction of sp³-hybridized carbons (Fsp3) is 0.214. The van der Waals surface area contributed by atoms with Crippen molar-refractivity contribution in [2.75, 3.05) is 11.1 Å². The first kappa shape index (κ1) is 13.0. The van der Waals surface area contributed by atoms with E-state index in [2.05, 4.69) is 22.2 Å². The van der Waals surface area contributed by atoms with E-state index in [-0.39, 0.29) is 5.91 Å². The number of amides is 1. The average molecular weight is 256 g/mol. The molecule has 0 atom stereocenters. The standard InChI is InChI=1S/C14H16N4O/c1-2-4-11-7-10(8-13(15)17-11)14(19)18-12-5-3-6-16-9-12/h3,5-9H,2,4H2,1H3,(H2,15,17)(H,18,19). The third kappa shape index (κ3) is 3.51. The molecule has 0 aliphatic carbocycles. The lowest BCUT2D eigenvalue weighted by atomic mass is 10.1. The zero-order valence-electron chi connectivity index (χ0n) is 10.8. The lowest BCUT2D eigenvalue weighted by Gasteiger charge is -2.07. The summed E-state index contributed by atoms with van der Waals surface area (Å²) in [6, 6.07) is 6.89. The van der Waals surface area contributed by atoms with E-state index in [4.69, 9.17) is 5.73 Å². The van der Waals surface area contributed by atoms with Gasteiger partial charge in [0.15, 0.2) is 0 Å². The van der Waals surface area contributed by atoms with Crippen molar-refractivity contribution in [2.45, 2.75) is 19.8 Å². The summed E-state index contributed by atoms with van der Waals surface area (Å²) in [7, 11) is 0. The predicted octanol–water partition coefficient (Wildman–Crippen LogP) is 2.26. The molecule has 5 heteroatoms. The summed E-state index contributed by atoms with van der Waals surface area (Å²) in [5.74, 6) is 0.154. The number of nitrogens with zero attached hydrogens (tertiary/aromatic N) is 2. The van der Waals surface area contributed by atoms with Crippen LogP contribution in [0.2, 0.25) is 0 Å². The van der Waals surface area contributed by atoms with Crippen molar-refractivity contribution < 1.29 is 4.79 Å². The first-order valence-corrected chi connectivity index (χ1v) is 6.17. The highest BCUT2D eigenvalue weighted by Crippen LogP contribution is 2.12. The Morgan fingerprint density at radius 3 is 2.95 bits per heavy atom. The Labute approximate surface area is 111 Å². The maximum atomic E-state index is 12.1. The molecule has 98 valence electrons. The molecule has 2 rings (SSSR count). The largest absolute Gasteiger partial charge is 0.384 e. The predicted molar refractivity (Wildman–Crippen MR) is 74.8 cm³/mol. The molecule has 0 aromatic carbocycles. The molecular weight excluding hydrogens is 240 g/mol. The van der Waals surface area contributed by atoms with Gasteiger partial charge in [0.25, 0.3) is 5.91 Å². The smallest absolute Gasteiger partial charge is 0.255 e. The second-order valence-electron chi connectivity index (χ2n) is 4.22. The van der Waals surface area contributed by atoms with E-state index in [1.54, 1.807) is 36.7 Å². The molecule has 0 spiro atoms. The van der Waals surface area contributed by atoms with Gasteiger partial charge in [-0.15, -0.1) is 0 Å². The summed E-state index contributed by atoms with van der Waals surface area (Å²) in [5.41, 5.74) is 7.72. The van der Waals surface area contributed by atoms with Crippen LogP contribution in [0, 0.1) is 0 Å². The molecule has 2 heterocycles. The van der Waals surface area contributed by atoms with Crippen LogP contribution in [0.1, 0.15) is 29.4 Å². The molecule has 0 fully saturated rings. The Bertz CT molecular complexity index is 569. The van der Waals surface area contributed by atoms with Crippen molar-refractivity contribution >= 4 is 17.4 Å². The summed E-state index contributed by atoms with van der Waals surface area (Å²) >= 11 is 0. The van der Waals surface area contributed by atoms with Gasteiger partial charge in [-0.1, -0.05) is 13.3 Å². The Morgan fingerprint density at radius 1 is 1.42 bits per heavy atom. The summed E-state index contributed by atoms with van der Waals surface area (Å²) in [6.45, 7) is 2.06. The number of pyridine rings is 2. The van der Waals surface area contributed by atoms with Crippen molar-refractivity contribution in [2.24, 2.45) is 0 Å². The number of rotatable bonds is 4. The third-order valence-electron chi connectivity index (χ3n) is 2.59. The van der Waals surface area contributed by atoms with Crippen LogP contribution in [-0.4, -0.2) is 15.9 Å². The molecule has 0 radical (unpaired) electrons. The molecule has 1 amide bonds. The van der Waals surface area contributed by atoms with Gasteiger partial charge in [0.1, 0.15) is 5.82 Å². The summed E-state index contributed by atoms with van der Waals surface area (Å²) < 4.78 is 0. The van der Waals surface area contributed by atoms with Crippen LogP contribution in [-0.2, 0) is 6.42 Å². The fourth-order valence-corrected chi connectivity index (χ4v) is 1.77. The van der Waals surface area contributed by atoms with Crippen molar-refractivity contribution in [1.82, 2.24) is 9.97 Å². The lowest BCUT2D eigenvalue weighted by Crippen LogP contribution is -2.13. The number of nitrogens with two attached hydrogens (primary N) is 1. The number of nitrogen functional groups attached to an aromatic ring is 1. The zero-order chi connectivity index (χ0) is 13.7. The molecule has 3 N–H and O–H groups in total. The van der Waals surface area contributed by atoms with Gasteiger partial charge < -0.3 is 11.1 Å². The Hall–Kier alpha value is -2.43. The van der Waals surface area contributed by atoms with Gasteiger partial charge in [0.05, 0.1) is 11.9 Å². The highest BCUT2D eigenvalue weighted by molar-refractivity contribution is 6.04. The highest BCUT2D eigenvalue weighted by Gasteiger charge is 2.09. The molecule has 2 aromatic rings. The van der Waals surface area contributed by atoms with E-state index in [1.165, 1.54) is 0 Å². The van der Waals surface area contributed by atoms with Gasteiger partial charge in [-0.3, -0.25) is 9.78 Å². The van der Waals surface area contributed by atoms with Crippen LogP contribution < -0.4 is 11.1 Å². The first-order valence-electron chi connectivity index (χ1n) is 6.17. The third-order valence-corrected chi connectivity index (χ3v) is 2.59. The molecular formula is C14H16N4O. The van der Waals surface area contributed by atoms with Gasteiger partial charge >= 0.3 is 0 Å². The maximum Gasteiger partial charge on any atom is 0.255 e. The summed E-state index contributed by atoms with van der Waals surface area (Å²) in [6.07, 6.45) is 5.01. The topological polar surface area (TPSA) is 80.9 Å². The van der Waals surface area contributed by atoms with E-state index in [0.717, 1.165) is 18.5 Å². The van der Waals surface area contributed by atoms with Crippen LogP contribution in [0.5, 0.6) is 0 Å². The number of nitrogens with one attached hydrogen (secondary N) is 1. The van der Waals surface area contributed by atoms with Gasteiger partial charge in [0.2, 0.25) is 0 Å². The number of aromatic nitrogens is 2. The normalized spacial score (nSPS) is 10.2. The van der Waals surface area contributed by atoms with Crippen LogP contribution in [0.3, 0.4) is 0 Å². The number of hydrogen-bond acceptors (Lipinski definition) is 4. The van der Waals surface area contributed by atoms with Crippen LogP contribution in [0.4, 0.5) is 11.5 Å². The van der Waals surface area contributed by atoms with Gasteiger partial charge in [0, 0.05) is 17.5 Å². The maximum absolute atomic E-state index is 12.1. The second kappa shape index (κ2) is 5.95. The Morgan fingerprint density at radius 2 is 2.26 bits per heavy atom. The van der Waals surface area contributed by atoms with E-state index in [0.29, 0.717) is 17.1 Å². The number of hydrogen-bond donors (Lipinski definition) is 2. The Balaban J connectivity index is 2.19. The molecule has 0 unspecified atom stereocenters. The first-order chi connectivity index (χ1) is 9.19. The highest BCUT2D eigenvalue weighted by atomic mass is 16.1. The van der Waals surface area contributed by atoms with Crippen LogP contribution in [0.25, 0.3) is 0 Å². The van der Waals surface area contributed by atoms with Gasteiger partial charge in [-0.2, -0.15) is 0 Å². The molecule has 5 nitrogen and oxygen atoms in total. The number of carbonyl (C=O) groups is 1. The number of carbonyl (C=O) groups excluding carboxylic acids is 1. The minimum absolute atomic E-state index is 0.209. The van der Waals surface area contributed by atoms with Crippen molar-refractivity contribution in [3.63, 3.8) is 0 Å². The molecule has 0 bridgehead atoms. The van der Waals surface area contributed by atoms with Crippen molar-refractivity contribution in [3.05, 3.63) is 47.9 Å². The second-order valence-corrected chi connectivity index (χ2v) is 4.22. The molecule has 19 heavy (non-hydrogen) atoms. The number of aryl methyl sites for hydroxylation is 1. The van der Waals surface area contributed by atoms with E-state index in [9.17, 15) is 4.79 Å². The Kier molecular flexibility index (Phi) is 4.07. The number of anilines is 2. The van der Waals surface area contributed by atoms with Gasteiger partial charge in [-0.05, 0) is 30.7 Å². The lowest BCUT2D eigenvalue weighted by molar-refractivity contribution is 0.102. The summed E-state index contributed by atoms with van der Waals surface area (Å²) in [5, 5.41) is 2.77. The van der Waals surface area contributed by atoms with Crippen LogP contribution in [0.15, 0.2) is 36.7 Å². The van der Waals surface area contributed by atoms with Gasteiger partial charge in [-0.25, -0.2) is 4.98 Å². The fourth-order valence-electron chi connectivity index (χ4n) is 1.77. The molecule has 2 aromatic heterocycles. The van der Waals surface area contributed by atoms with E-state index in [1.807, 2.05) is 0 Å². The average Bonchev–Trinajstić information content (AvgIpc) is 2.39. The SMILES string of the molecule is CCCc1cc(C(=O)Nc2cccnc2)cc(N)n1. The summed E-state index contributed by atoms with van der Waals surface area (Å²) in [4.78, 5) is 20.2. The molecule has 0 aliphatic heterocycles. The van der Waals surface area contributed by atoms with Crippen LogP contribution >= 0.6 is 0 Å². The van der Waals surface area contributed by atoms with Crippen molar-refractivity contribution in [3.8, 4) is 0 Å².